The third kappa shape index (κ3) is 3.38. The summed E-state index contributed by atoms with van der Waals surface area (Å²) in [5, 5.41) is 0. The lowest BCUT2D eigenvalue weighted by atomic mass is 10.1. The molecule has 0 fully saturated rings. The molecule has 0 aliphatic heterocycles. The van der Waals surface area contributed by atoms with Crippen molar-refractivity contribution in [2.24, 2.45) is 4.99 Å². The van der Waals surface area contributed by atoms with Gasteiger partial charge in [0.15, 0.2) is 5.82 Å². The van der Waals surface area contributed by atoms with Crippen molar-refractivity contribution in [1.29, 1.82) is 0 Å². The standard InChI is InChI=1S/C20H20N4/c1-4-16-11-8-12-21-19(16)15(3)23-18-13-22-20(24-14(18)2)17-9-6-5-7-10-17/h5-13H,4H2,1-3H3. The summed E-state index contributed by atoms with van der Waals surface area (Å²) in [5.74, 6) is 0.719. The minimum Gasteiger partial charge on any atom is -0.255 e. The fourth-order valence-corrected chi connectivity index (χ4v) is 2.58. The Bertz CT molecular complexity index is 870. The van der Waals surface area contributed by atoms with Crippen LogP contribution in [0.3, 0.4) is 0 Å². The summed E-state index contributed by atoms with van der Waals surface area (Å²) in [5.41, 5.74) is 5.65. The summed E-state index contributed by atoms with van der Waals surface area (Å²) >= 11 is 0. The third-order valence-corrected chi connectivity index (χ3v) is 3.89. The van der Waals surface area contributed by atoms with E-state index in [-0.39, 0.29) is 0 Å². The van der Waals surface area contributed by atoms with E-state index >= 15 is 0 Å². The molecule has 120 valence electrons. The first-order valence-corrected chi connectivity index (χ1v) is 8.07. The zero-order valence-electron chi connectivity index (χ0n) is 14.2. The number of rotatable bonds is 4. The molecule has 0 bridgehead atoms. The molecular weight excluding hydrogens is 296 g/mol. The van der Waals surface area contributed by atoms with E-state index in [0.717, 1.165) is 40.6 Å². The van der Waals surface area contributed by atoms with Crippen molar-refractivity contribution in [3.8, 4) is 11.4 Å². The highest BCUT2D eigenvalue weighted by molar-refractivity contribution is 5.99. The van der Waals surface area contributed by atoms with Gasteiger partial charge in [0, 0.05) is 11.8 Å². The van der Waals surface area contributed by atoms with Gasteiger partial charge in [0.1, 0.15) is 5.69 Å². The highest BCUT2D eigenvalue weighted by Gasteiger charge is 2.08. The van der Waals surface area contributed by atoms with Gasteiger partial charge in [0.25, 0.3) is 0 Å². The molecule has 24 heavy (non-hydrogen) atoms. The molecule has 0 amide bonds. The van der Waals surface area contributed by atoms with E-state index in [1.807, 2.05) is 50.2 Å². The van der Waals surface area contributed by atoms with Crippen LogP contribution in [0, 0.1) is 6.92 Å². The van der Waals surface area contributed by atoms with Gasteiger partial charge in [-0.3, -0.25) is 4.98 Å². The van der Waals surface area contributed by atoms with E-state index in [0.29, 0.717) is 0 Å². The molecule has 0 aliphatic rings. The first-order chi connectivity index (χ1) is 11.7. The second kappa shape index (κ2) is 7.13. The molecule has 0 radical (unpaired) electrons. The molecule has 0 aliphatic carbocycles. The highest BCUT2D eigenvalue weighted by Crippen LogP contribution is 2.21. The summed E-state index contributed by atoms with van der Waals surface area (Å²) < 4.78 is 0. The maximum absolute atomic E-state index is 4.70. The number of aryl methyl sites for hydroxylation is 2. The van der Waals surface area contributed by atoms with Gasteiger partial charge >= 0.3 is 0 Å². The van der Waals surface area contributed by atoms with Crippen LogP contribution < -0.4 is 0 Å². The molecule has 2 heterocycles. The molecule has 0 atom stereocenters. The van der Waals surface area contributed by atoms with Gasteiger partial charge < -0.3 is 0 Å². The normalized spacial score (nSPS) is 11.5. The Morgan fingerprint density at radius 2 is 1.83 bits per heavy atom. The maximum Gasteiger partial charge on any atom is 0.159 e. The quantitative estimate of drug-likeness (QED) is 0.663. The average Bonchev–Trinajstić information content (AvgIpc) is 2.64. The largest absolute Gasteiger partial charge is 0.255 e. The summed E-state index contributed by atoms with van der Waals surface area (Å²) in [6, 6.07) is 14.0. The van der Waals surface area contributed by atoms with E-state index < -0.39 is 0 Å². The van der Waals surface area contributed by atoms with Crippen molar-refractivity contribution >= 4 is 11.4 Å². The Balaban J connectivity index is 1.95. The van der Waals surface area contributed by atoms with Crippen LogP contribution in [0.5, 0.6) is 0 Å². The number of benzene rings is 1. The Labute approximate surface area is 142 Å². The number of aliphatic imine (C=N–C) groups is 1. The summed E-state index contributed by atoms with van der Waals surface area (Å²) in [6.07, 6.45) is 4.51. The Hall–Kier alpha value is -2.88. The van der Waals surface area contributed by atoms with Gasteiger partial charge in [-0.25, -0.2) is 15.0 Å². The van der Waals surface area contributed by atoms with Crippen molar-refractivity contribution < 1.29 is 0 Å². The van der Waals surface area contributed by atoms with Gasteiger partial charge in [0.2, 0.25) is 0 Å². The Kier molecular flexibility index (Phi) is 4.75. The van der Waals surface area contributed by atoms with Gasteiger partial charge in [-0.2, -0.15) is 0 Å². The first-order valence-electron chi connectivity index (χ1n) is 8.07. The lowest BCUT2D eigenvalue weighted by molar-refractivity contribution is 1.08. The van der Waals surface area contributed by atoms with Crippen LogP contribution in [0.1, 0.15) is 30.8 Å². The average molecular weight is 316 g/mol. The molecule has 2 aromatic heterocycles. The van der Waals surface area contributed by atoms with E-state index in [1.165, 1.54) is 5.56 Å². The minimum absolute atomic E-state index is 0.719. The number of hydrogen-bond donors (Lipinski definition) is 0. The van der Waals surface area contributed by atoms with Crippen LogP contribution in [0.25, 0.3) is 11.4 Å². The molecule has 0 saturated heterocycles. The fourth-order valence-electron chi connectivity index (χ4n) is 2.58. The second-order valence-corrected chi connectivity index (χ2v) is 5.59. The van der Waals surface area contributed by atoms with Crippen LogP contribution in [-0.2, 0) is 6.42 Å². The lowest BCUT2D eigenvalue weighted by Crippen LogP contribution is -2.03. The van der Waals surface area contributed by atoms with Crippen molar-refractivity contribution in [3.63, 3.8) is 0 Å². The zero-order chi connectivity index (χ0) is 16.9. The molecule has 0 spiro atoms. The van der Waals surface area contributed by atoms with E-state index in [4.69, 9.17) is 4.99 Å². The van der Waals surface area contributed by atoms with Crippen LogP contribution >= 0.6 is 0 Å². The van der Waals surface area contributed by atoms with Crippen LogP contribution in [0.15, 0.2) is 59.9 Å². The molecule has 1 aromatic carbocycles. The molecular formula is C20H20N4. The second-order valence-electron chi connectivity index (χ2n) is 5.59. The summed E-state index contributed by atoms with van der Waals surface area (Å²) in [7, 11) is 0. The van der Waals surface area contributed by atoms with Gasteiger partial charge in [0.05, 0.1) is 23.3 Å². The van der Waals surface area contributed by atoms with Crippen molar-refractivity contribution in [2.75, 3.05) is 0 Å². The van der Waals surface area contributed by atoms with E-state index in [1.54, 1.807) is 12.4 Å². The summed E-state index contributed by atoms with van der Waals surface area (Å²) in [4.78, 5) is 18.2. The van der Waals surface area contributed by atoms with Crippen LogP contribution in [0.4, 0.5) is 5.69 Å². The topological polar surface area (TPSA) is 51.0 Å². The van der Waals surface area contributed by atoms with Gasteiger partial charge in [-0.15, -0.1) is 0 Å². The summed E-state index contributed by atoms with van der Waals surface area (Å²) in [6.45, 7) is 6.06. The number of pyridine rings is 1. The highest BCUT2D eigenvalue weighted by atomic mass is 14.9. The monoisotopic (exact) mass is 316 g/mol. The van der Waals surface area contributed by atoms with Gasteiger partial charge in [-0.1, -0.05) is 43.3 Å². The Morgan fingerprint density at radius 3 is 2.54 bits per heavy atom. The molecule has 4 heteroatoms. The van der Waals surface area contributed by atoms with Crippen LogP contribution in [-0.4, -0.2) is 20.7 Å². The minimum atomic E-state index is 0.719. The molecule has 3 aromatic rings. The fraction of sp³-hybridized carbons (Fsp3) is 0.200. The van der Waals surface area contributed by atoms with E-state index in [2.05, 4.69) is 27.9 Å². The lowest BCUT2D eigenvalue weighted by Gasteiger charge is -2.07. The number of hydrogen-bond acceptors (Lipinski definition) is 4. The molecule has 3 rings (SSSR count). The molecule has 0 saturated carbocycles. The molecule has 4 nitrogen and oxygen atoms in total. The predicted molar refractivity (Wildman–Crippen MR) is 97.7 cm³/mol. The third-order valence-electron chi connectivity index (χ3n) is 3.89. The first kappa shape index (κ1) is 16.0. The number of aromatic nitrogens is 3. The van der Waals surface area contributed by atoms with E-state index in [9.17, 15) is 0 Å². The number of nitrogens with zero attached hydrogens (tertiary/aromatic N) is 4. The zero-order valence-corrected chi connectivity index (χ0v) is 14.2. The predicted octanol–water partition coefficient (Wildman–Crippen LogP) is 4.55. The van der Waals surface area contributed by atoms with Crippen molar-refractivity contribution in [3.05, 3.63) is 71.8 Å². The van der Waals surface area contributed by atoms with Crippen LogP contribution in [0.2, 0.25) is 0 Å². The molecule has 0 N–H and O–H groups in total. The van der Waals surface area contributed by atoms with Crippen molar-refractivity contribution in [2.45, 2.75) is 27.2 Å². The van der Waals surface area contributed by atoms with Gasteiger partial charge in [-0.05, 0) is 31.9 Å². The molecule has 0 unspecified atom stereocenters. The SMILES string of the molecule is CCc1cccnc1C(C)=Nc1cnc(-c2ccccc2)nc1C. The smallest absolute Gasteiger partial charge is 0.159 e. The maximum atomic E-state index is 4.70. The van der Waals surface area contributed by atoms with Crippen molar-refractivity contribution in [1.82, 2.24) is 15.0 Å². The Morgan fingerprint density at radius 1 is 1.04 bits per heavy atom.